The van der Waals surface area contributed by atoms with Crippen LogP contribution >= 0.6 is 11.3 Å². The minimum absolute atomic E-state index is 0.0556. The fraction of sp³-hybridized carbons (Fsp3) is 0.125. The molecule has 0 bridgehead atoms. The Kier molecular flexibility index (Phi) is 4.52. The third-order valence-electron chi connectivity index (χ3n) is 3.87. The van der Waals surface area contributed by atoms with Crippen LogP contribution in [0, 0.1) is 5.21 Å². The van der Waals surface area contributed by atoms with Crippen molar-refractivity contribution in [1.29, 1.82) is 0 Å². The summed E-state index contributed by atoms with van der Waals surface area (Å²) >= 11 is 0.594. The summed E-state index contributed by atoms with van der Waals surface area (Å²) in [6.07, 6.45) is -10.2. The van der Waals surface area contributed by atoms with Gasteiger partial charge in [0.1, 0.15) is 5.69 Å². The van der Waals surface area contributed by atoms with Crippen LogP contribution in [0.4, 0.5) is 26.3 Å². The zero-order valence-electron chi connectivity index (χ0n) is 14.3. The number of halogens is 6. The molecule has 0 unspecified atom stereocenters. The van der Waals surface area contributed by atoms with Crippen LogP contribution in [-0.4, -0.2) is 19.9 Å². The number of hydrogen-bond donors (Lipinski definition) is 0. The lowest BCUT2D eigenvalue weighted by Crippen LogP contribution is -2.25. The Balaban J connectivity index is 1.82. The van der Waals surface area contributed by atoms with Gasteiger partial charge in [0.05, 0.1) is 0 Å². The zero-order valence-corrected chi connectivity index (χ0v) is 15.1. The fourth-order valence-electron chi connectivity index (χ4n) is 2.59. The second-order valence-corrected chi connectivity index (χ2v) is 6.67. The lowest BCUT2D eigenvalue weighted by atomic mass is 10.1. The number of thiazole rings is 1. The molecule has 3 heterocycles. The van der Waals surface area contributed by atoms with E-state index in [4.69, 9.17) is 0 Å². The van der Waals surface area contributed by atoms with Crippen molar-refractivity contribution in [2.45, 2.75) is 12.4 Å². The molecular formula is C16H7F6N5O2S. The maximum absolute atomic E-state index is 13.2. The van der Waals surface area contributed by atoms with Gasteiger partial charge >= 0.3 is 12.4 Å². The van der Waals surface area contributed by atoms with Crippen LogP contribution in [0.25, 0.3) is 27.8 Å². The summed E-state index contributed by atoms with van der Waals surface area (Å²) in [5.41, 5.74) is -3.17. The molecule has 0 radical (unpaired) electrons. The largest absolute Gasteiger partial charge is 0.435 e. The summed E-state index contributed by atoms with van der Waals surface area (Å²) in [5, 5.41) is 19.3. The van der Waals surface area contributed by atoms with Crippen LogP contribution in [0.15, 0.2) is 46.4 Å². The number of aromatic nitrogens is 5. The number of hydrogen-bond acceptors (Lipinski definition) is 6. The van der Waals surface area contributed by atoms with Crippen molar-refractivity contribution in [3.05, 3.63) is 58.4 Å². The molecule has 4 rings (SSSR count). The van der Waals surface area contributed by atoms with Crippen molar-refractivity contribution >= 4 is 11.3 Å². The summed E-state index contributed by atoms with van der Waals surface area (Å²) in [5.74, 6) is 0. The van der Waals surface area contributed by atoms with E-state index in [-0.39, 0.29) is 32.7 Å². The topological polar surface area (TPSA) is 83.7 Å². The Labute approximate surface area is 166 Å². The minimum Gasteiger partial charge on any atom is -0.359 e. The molecule has 3 aromatic heterocycles. The molecule has 0 amide bonds. The van der Waals surface area contributed by atoms with E-state index in [0.717, 1.165) is 0 Å². The average molecular weight is 447 g/mol. The van der Waals surface area contributed by atoms with Crippen molar-refractivity contribution in [1.82, 2.24) is 19.9 Å². The van der Waals surface area contributed by atoms with E-state index >= 15 is 0 Å². The molecule has 156 valence electrons. The van der Waals surface area contributed by atoms with Crippen LogP contribution in [0.5, 0.6) is 0 Å². The molecule has 14 heteroatoms. The number of rotatable bonds is 3. The molecule has 0 aliphatic rings. The van der Waals surface area contributed by atoms with Crippen molar-refractivity contribution in [2.24, 2.45) is 0 Å². The molecule has 30 heavy (non-hydrogen) atoms. The van der Waals surface area contributed by atoms with Crippen LogP contribution in [0.3, 0.4) is 0 Å². The SMILES string of the molecule is [O-][n+]1onc(-c2csc(-n3nc(C(F)(F)F)cc3C(F)(F)F)n2)c1-c1ccccc1. The Morgan fingerprint density at radius 1 is 1.03 bits per heavy atom. The first kappa shape index (κ1) is 19.9. The van der Waals surface area contributed by atoms with Gasteiger partial charge in [0.15, 0.2) is 11.4 Å². The second-order valence-electron chi connectivity index (χ2n) is 5.83. The van der Waals surface area contributed by atoms with E-state index in [1.807, 2.05) is 0 Å². The molecule has 7 nitrogen and oxygen atoms in total. The van der Waals surface area contributed by atoms with E-state index < -0.39 is 28.9 Å². The first-order valence-electron chi connectivity index (χ1n) is 7.91. The highest BCUT2D eigenvalue weighted by Crippen LogP contribution is 2.37. The molecule has 0 saturated heterocycles. The Bertz CT molecular complexity index is 1200. The predicted octanol–water partition coefficient (Wildman–Crippen LogP) is 4.32. The summed E-state index contributed by atoms with van der Waals surface area (Å²) in [4.78, 5) is 3.99. The van der Waals surface area contributed by atoms with Crippen molar-refractivity contribution < 1.29 is 35.9 Å². The van der Waals surface area contributed by atoms with Crippen LogP contribution < -0.4 is 4.90 Å². The summed E-state index contributed by atoms with van der Waals surface area (Å²) in [7, 11) is 0. The maximum Gasteiger partial charge on any atom is 0.435 e. The molecule has 0 saturated carbocycles. The van der Waals surface area contributed by atoms with Crippen LogP contribution in [0.1, 0.15) is 11.4 Å². The number of nitrogens with zero attached hydrogens (tertiary/aromatic N) is 5. The molecule has 0 fully saturated rings. The number of benzene rings is 1. The Morgan fingerprint density at radius 2 is 1.73 bits per heavy atom. The Morgan fingerprint density at radius 3 is 2.37 bits per heavy atom. The third kappa shape index (κ3) is 3.49. The van der Waals surface area contributed by atoms with Crippen LogP contribution in [0.2, 0.25) is 0 Å². The average Bonchev–Trinajstić information content (AvgIpc) is 3.38. The molecule has 0 spiro atoms. The first-order valence-corrected chi connectivity index (χ1v) is 8.79. The second kappa shape index (κ2) is 6.83. The minimum atomic E-state index is -5.11. The molecule has 0 aliphatic heterocycles. The maximum atomic E-state index is 13.2. The highest BCUT2D eigenvalue weighted by atomic mass is 32.1. The highest BCUT2D eigenvalue weighted by Gasteiger charge is 2.42. The Hall–Kier alpha value is -3.42. The van der Waals surface area contributed by atoms with Gasteiger partial charge in [0.25, 0.3) is 5.69 Å². The van der Waals surface area contributed by atoms with E-state index in [9.17, 15) is 31.5 Å². The molecule has 0 atom stereocenters. The smallest absolute Gasteiger partial charge is 0.359 e. The molecule has 0 N–H and O–H groups in total. The highest BCUT2D eigenvalue weighted by molar-refractivity contribution is 7.12. The molecular weight excluding hydrogens is 440 g/mol. The zero-order chi connectivity index (χ0) is 21.7. The van der Waals surface area contributed by atoms with E-state index in [2.05, 4.69) is 19.9 Å². The molecule has 0 aliphatic carbocycles. The summed E-state index contributed by atoms with van der Waals surface area (Å²) in [6, 6.07) is 8.01. The van der Waals surface area contributed by atoms with Gasteiger partial charge in [-0.25, -0.2) is 9.67 Å². The van der Waals surface area contributed by atoms with Crippen LogP contribution in [-0.2, 0) is 12.4 Å². The molecule has 4 aromatic rings. The van der Waals surface area contributed by atoms with Crippen molar-refractivity contribution in [3.8, 4) is 27.8 Å². The molecule has 1 aromatic carbocycles. The lowest BCUT2D eigenvalue weighted by Gasteiger charge is -2.06. The van der Waals surface area contributed by atoms with E-state index in [1.165, 1.54) is 5.38 Å². The summed E-state index contributed by atoms with van der Waals surface area (Å²) in [6.45, 7) is 0. The lowest BCUT2D eigenvalue weighted by molar-refractivity contribution is -0.793. The van der Waals surface area contributed by atoms with Gasteiger partial charge in [-0.05, 0) is 4.90 Å². The third-order valence-corrected chi connectivity index (χ3v) is 4.68. The van der Waals surface area contributed by atoms with Gasteiger partial charge < -0.3 is 5.21 Å². The van der Waals surface area contributed by atoms with Crippen molar-refractivity contribution in [3.63, 3.8) is 0 Å². The van der Waals surface area contributed by atoms with Gasteiger partial charge in [0.2, 0.25) is 10.8 Å². The first-order chi connectivity index (χ1) is 14.1. The van der Waals surface area contributed by atoms with Gasteiger partial charge in [-0.3, -0.25) is 4.63 Å². The van der Waals surface area contributed by atoms with Gasteiger partial charge in [-0.2, -0.15) is 31.4 Å². The van der Waals surface area contributed by atoms with E-state index in [1.54, 1.807) is 30.3 Å². The standard InChI is InChI=1S/C16H7F6N5O2S/c17-15(18,19)10-6-11(16(20,21)22)26(24-10)14-23-9(7-30-14)12-13(27(28)29-25-12)8-4-2-1-3-5-8/h1-7H. The quantitative estimate of drug-likeness (QED) is 0.345. The predicted molar refractivity (Wildman–Crippen MR) is 89.1 cm³/mol. The van der Waals surface area contributed by atoms with Gasteiger partial charge in [-0.1, -0.05) is 30.3 Å². The van der Waals surface area contributed by atoms with Gasteiger partial charge in [-0.15, -0.1) is 11.3 Å². The monoisotopic (exact) mass is 447 g/mol. The summed E-state index contributed by atoms with van der Waals surface area (Å²) < 4.78 is 83.0. The fourth-order valence-corrected chi connectivity index (χ4v) is 3.36. The normalized spacial score (nSPS) is 12.5. The van der Waals surface area contributed by atoms with E-state index in [0.29, 0.717) is 16.9 Å². The van der Waals surface area contributed by atoms with Crippen molar-refractivity contribution in [2.75, 3.05) is 0 Å². The van der Waals surface area contributed by atoms with Gasteiger partial charge in [0, 0.05) is 22.2 Å². The number of alkyl halides is 6.